The second kappa shape index (κ2) is 3.13. The van der Waals surface area contributed by atoms with Gasteiger partial charge in [-0.25, -0.2) is 0 Å². The molecule has 0 spiro atoms. The number of aliphatic hydroxyl groups is 1. The van der Waals surface area contributed by atoms with Crippen molar-refractivity contribution in [2.24, 2.45) is 0 Å². The predicted molar refractivity (Wildman–Crippen MR) is 44.8 cm³/mol. The highest BCUT2D eigenvalue weighted by molar-refractivity contribution is 6.25. The van der Waals surface area contributed by atoms with E-state index in [-0.39, 0.29) is 18.8 Å². The molecule has 0 saturated carbocycles. The number of rotatable bonds is 2. The predicted octanol–water partition coefficient (Wildman–Crippen LogP) is 1.32. The third-order valence-electron chi connectivity index (χ3n) is 2.16. The highest BCUT2D eigenvalue weighted by atomic mass is 35.5. The number of hydrogen-bond donors (Lipinski definition) is 1. The van der Waals surface area contributed by atoms with Crippen molar-refractivity contribution in [2.45, 2.75) is 30.4 Å². The summed E-state index contributed by atoms with van der Waals surface area (Å²) in [4.78, 5) is -0.479. The molecule has 1 aliphatic rings. The van der Waals surface area contributed by atoms with Gasteiger partial charge in [-0.3, -0.25) is 0 Å². The van der Waals surface area contributed by atoms with E-state index >= 15 is 0 Å². The first kappa shape index (κ1) is 9.04. The zero-order valence-electron chi connectivity index (χ0n) is 6.59. The Morgan fingerprint density at radius 3 is 2.82 bits per heavy atom. The maximum atomic E-state index is 8.79. The van der Waals surface area contributed by atoms with Crippen molar-refractivity contribution >= 4 is 11.6 Å². The topological polar surface area (TPSA) is 29.5 Å². The van der Waals surface area contributed by atoms with Crippen LogP contribution in [0.4, 0.5) is 0 Å². The van der Waals surface area contributed by atoms with Crippen LogP contribution in [0.25, 0.3) is 0 Å². The molecule has 3 atom stereocenters. The summed E-state index contributed by atoms with van der Waals surface area (Å²) in [7, 11) is 0. The summed E-state index contributed by atoms with van der Waals surface area (Å²) in [5, 5.41) is 8.79. The van der Waals surface area contributed by atoms with Crippen LogP contribution in [0.2, 0.25) is 0 Å². The van der Waals surface area contributed by atoms with Gasteiger partial charge in [-0.2, -0.15) is 0 Å². The molecule has 2 nitrogen and oxygen atoms in total. The zero-order chi connectivity index (χ0) is 8.48. The molecule has 0 aromatic rings. The Kier molecular flexibility index (Phi) is 2.58. The molecule has 1 N–H and O–H groups in total. The van der Waals surface area contributed by atoms with Crippen molar-refractivity contribution < 1.29 is 9.84 Å². The maximum absolute atomic E-state index is 8.79. The van der Waals surface area contributed by atoms with Crippen LogP contribution in [0, 0.1) is 0 Å². The molecule has 1 saturated heterocycles. The van der Waals surface area contributed by atoms with Crippen molar-refractivity contribution in [3.8, 4) is 0 Å². The molecule has 0 aromatic heterocycles. The van der Waals surface area contributed by atoms with E-state index in [0.717, 1.165) is 0 Å². The van der Waals surface area contributed by atoms with Gasteiger partial charge in [0.2, 0.25) is 0 Å². The summed E-state index contributed by atoms with van der Waals surface area (Å²) in [6, 6.07) is 0. The van der Waals surface area contributed by atoms with Gasteiger partial charge in [-0.05, 0) is 6.92 Å². The molecule has 1 aliphatic heterocycles. The van der Waals surface area contributed by atoms with Crippen molar-refractivity contribution in [2.75, 3.05) is 6.61 Å². The van der Waals surface area contributed by atoms with Crippen molar-refractivity contribution in [1.82, 2.24) is 0 Å². The molecule has 0 aliphatic carbocycles. The molecular formula is C8H13ClO2. The second-order valence-electron chi connectivity index (χ2n) is 2.92. The minimum absolute atomic E-state index is 0.0344. The fourth-order valence-electron chi connectivity index (χ4n) is 1.32. The molecular weight excluding hydrogens is 164 g/mol. The number of hydrogen-bond acceptors (Lipinski definition) is 2. The van der Waals surface area contributed by atoms with Gasteiger partial charge in [0.1, 0.15) is 0 Å². The van der Waals surface area contributed by atoms with Gasteiger partial charge in [0.25, 0.3) is 0 Å². The Hall–Kier alpha value is -0.0500. The molecule has 0 aromatic carbocycles. The van der Waals surface area contributed by atoms with E-state index in [1.165, 1.54) is 0 Å². The van der Waals surface area contributed by atoms with Crippen LogP contribution in [-0.2, 0) is 4.74 Å². The third-order valence-corrected chi connectivity index (χ3v) is 2.77. The smallest absolute Gasteiger partial charge is 0.0907 e. The monoisotopic (exact) mass is 176 g/mol. The fraction of sp³-hybridized carbons (Fsp3) is 0.750. The first-order valence-electron chi connectivity index (χ1n) is 3.71. The Morgan fingerprint density at radius 2 is 2.55 bits per heavy atom. The highest BCUT2D eigenvalue weighted by Gasteiger charge is 2.42. The van der Waals surface area contributed by atoms with Crippen LogP contribution in [0.5, 0.6) is 0 Å². The van der Waals surface area contributed by atoms with Crippen LogP contribution in [-0.4, -0.2) is 28.8 Å². The van der Waals surface area contributed by atoms with Crippen LogP contribution >= 0.6 is 11.6 Å². The molecule has 0 amide bonds. The molecule has 64 valence electrons. The Labute approximate surface area is 71.8 Å². The van der Waals surface area contributed by atoms with E-state index in [1.807, 2.05) is 6.92 Å². The van der Waals surface area contributed by atoms with Crippen LogP contribution in [0.1, 0.15) is 13.3 Å². The molecule has 0 unspecified atom stereocenters. The summed E-state index contributed by atoms with van der Waals surface area (Å²) in [5.41, 5.74) is 0. The van der Waals surface area contributed by atoms with E-state index in [4.69, 9.17) is 21.4 Å². The first-order valence-corrected chi connectivity index (χ1v) is 4.09. The minimum Gasteiger partial charge on any atom is -0.394 e. The van der Waals surface area contributed by atoms with E-state index in [1.54, 1.807) is 6.08 Å². The lowest BCUT2D eigenvalue weighted by Crippen LogP contribution is -2.26. The van der Waals surface area contributed by atoms with Gasteiger partial charge in [-0.1, -0.05) is 6.08 Å². The second-order valence-corrected chi connectivity index (χ2v) is 3.62. The lowest BCUT2D eigenvalue weighted by Gasteiger charge is -2.18. The average molecular weight is 177 g/mol. The van der Waals surface area contributed by atoms with E-state index < -0.39 is 4.87 Å². The standard InChI is InChI=1S/C8H13ClO2/c1-3-8(9)4-7(5-10)11-6(8)2/h3,6-7,10H,1,4-5H2,2H3/t6-,7-,8-/m0/s1. The SMILES string of the molecule is C=C[C@]1(Cl)C[C@@H](CO)O[C@H]1C. The van der Waals surface area contributed by atoms with Crippen LogP contribution < -0.4 is 0 Å². The number of alkyl halides is 1. The van der Waals surface area contributed by atoms with E-state index in [2.05, 4.69) is 6.58 Å². The van der Waals surface area contributed by atoms with Crippen LogP contribution in [0.15, 0.2) is 12.7 Å². The van der Waals surface area contributed by atoms with Crippen LogP contribution in [0.3, 0.4) is 0 Å². The summed E-state index contributed by atoms with van der Waals surface area (Å²) in [6.07, 6.45) is 2.16. The molecule has 0 bridgehead atoms. The van der Waals surface area contributed by atoms with Gasteiger partial charge in [-0.15, -0.1) is 18.2 Å². The van der Waals surface area contributed by atoms with Gasteiger partial charge in [0, 0.05) is 6.42 Å². The molecule has 1 fully saturated rings. The number of ether oxygens (including phenoxy) is 1. The molecule has 0 radical (unpaired) electrons. The van der Waals surface area contributed by atoms with Crippen molar-refractivity contribution in [3.05, 3.63) is 12.7 Å². The van der Waals surface area contributed by atoms with Gasteiger partial charge < -0.3 is 9.84 Å². The van der Waals surface area contributed by atoms with Gasteiger partial charge in [0.05, 0.1) is 23.7 Å². The number of aliphatic hydroxyl groups excluding tert-OH is 1. The van der Waals surface area contributed by atoms with Gasteiger partial charge in [0.15, 0.2) is 0 Å². The molecule has 11 heavy (non-hydrogen) atoms. The molecule has 3 heteroatoms. The Balaban J connectivity index is 2.64. The minimum atomic E-state index is -0.479. The lowest BCUT2D eigenvalue weighted by molar-refractivity contribution is 0.0178. The lowest BCUT2D eigenvalue weighted by atomic mass is 10.00. The Morgan fingerprint density at radius 1 is 1.91 bits per heavy atom. The zero-order valence-corrected chi connectivity index (χ0v) is 7.34. The highest BCUT2D eigenvalue weighted by Crippen LogP contribution is 2.36. The fourth-order valence-corrected chi connectivity index (χ4v) is 1.55. The van der Waals surface area contributed by atoms with Gasteiger partial charge >= 0.3 is 0 Å². The maximum Gasteiger partial charge on any atom is 0.0907 e. The molecule has 1 heterocycles. The first-order chi connectivity index (χ1) is 5.12. The quantitative estimate of drug-likeness (QED) is 0.508. The summed E-state index contributed by atoms with van der Waals surface area (Å²) in [6.45, 7) is 5.57. The average Bonchev–Trinajstić information content (AvgIpc) is 2.29. The molecule has 1 rings (SSSR count). The largest absolute Gasteiger partial charge is 0.394 e. The normalized spacial score (nSPS) is 44.3. The third kappa shape index (κ3) is 1.58. The summed E-state index contributed by atoms with van der Waals surface area (Å²) in [5.74, 6) is 0. The Bertz CT molecular complexity index is 160. The van der Waals surface area contributed by atoms with E-state index in [0.29, 0.717) is 6.42 Å². The van der Waals surface area contributed by atoms with Crippen molar-refractivity contribution in [1.29, 1.82) is 0 Å². The summed E-state index contributed by atoms with van der Waals surface area (Å²) < 4.78 is 5.36. The van der Waals surface area contributed by atoms with E-state index in [9.17, 15) is 0 Å². The number of halogens is 1. The summed E-state index contributed by atoms with van der Waals surface area (Å²) >= 11 is 6.12. The van der Waals surface area contributed by atoms with Crippen molar-refractivity contribution in [3.63, 3.8) is 0 Å².